The molecule has 534 valence electrons. The summed E-state index contributed by atoms with van der Waals surface area (Å²) in [6.45, 7) is 2.72. The highest BCUT2D eigenvalue weighted by molar-refractivity contribution is 5.76. The Morgan fingerprint density at radius 1 is 0.402 bits per heavy atom. The van der Waals surface area contributed by atoms with E-state index in [9.17, 15) is 45.6 Å². The zero-order valence-corrected chi connectivity index (χ0v) is 58.3. The average molecular weight is 1300 g/mol. The molecule has 2 fully saturated rings. The molecule has 14 nitrogen and oxygen atoms in total. The number of rotatable bonds is 62. The third-order valence-corrected chi connectivity index (χ3v) is 18.1. The fourth-order valence-corrected chi connectivity index (χ4v) is 12.1. The first-order chi connectivity index (χ1) is 45.1. The van der Waals surface area contributed by atoms with Gasteiger partial charge in [0.05, 0.1) is 32.0 Å². The number of allylic oxidation sites excluding steroid dienone is 13. The van der Waals surface area contributed by atoms with E-state index in [-0.39, 0.29) is 18.9 Å². The molecule has 0 aromatic carbocycles. The number of amides is 1. The molecule has 92 heavy (non-hydrogen) atoms. The van der Waals surface area contributed by atoms with Crippen LogP contribution >= 0.6 is 0 Å². The van der Waals surface area contributed by atoms with Crippen molar-refractivity contribution in [2.45, 2.75) is 383 Å². The Balaban J connectivity index is 1.66. The molecule has 0 bridgehead atoms. The number of ether oxygens (including phenoxy) is 4. The van der Waals surface area contributed by atoms with Crippen LogP contribution in [0, 0.1) is 0 Å². The van der Waals surface area contributed by atoms with Crippen molar-refractivity contribution in [3.05, 3.63) is 85.1 Å². The maximum atomic E-state index is 13.4. The molecule has 12 atom stereocenters. The van der Waals surface area contributed by atoms with Crippen LogP contribution in [0.4, 0.5) is 0 Å². The molecule has 0 aromatic heterocycles. The van der Waals surface area contributed by atoms with Crippen molar-refractivity contribution in [3.63, 3.8) is 0 Å². The Bertz CT molecular complexity index is 1870. The van der Waals surface area contributed by atoms with Crippen LogP contribution in [0.25, 0.3) is 0 Å². The number of aliphatic hydroxyl groups is 8. The van der Waals surface area contributed by atoms with Gasteiger partial charge in [-0.1, -0.05) is 317 Å². The number of hydrogen-bond donors (Lipinski definition) is 9. The van der Waals surface area contributed by atoms with E-state index in [2.05, 4.69) is 92.1 Å². The second-order valence-corrected chi connectivity index (χ2v) is 26.4. The first kappa shape index (κ1) is 85.3. The van der Waals surface area contributed by atoms with Crippen LogP contribution in [-0.4, -0.2) is 140 Å². The van der Waals surface area contributed by atoms with E-state index < -0.39 is 86.8 Å². The first-order valence-corrected chi connectivity index (χ1v) is 37.8. The largest absolute Gasteiger partial charge is 0.394 e. The zero-order chi connectivity index (χ0) is 66.6. The normalized spacial score (nSPS) is 23.2. The molecule has 12 unspecified atom stereocenters. The molecule has 0 radical (unpaired) electrons. The van der Waals surface area contributed by atoms with E-state index in [1.165, 1.54) is 199 Å². The van der Waals surface area contributed by atoms with Gasteiger partial charge in [-0.05, 0) is 70.6 Å². The molecule has 2 heterocycles. The summed E-state index contributed by atoms with van der Waals surface area (Å²) in [7, 11) is 0. The first-order valence-electron chi connectivity index (χ1n) is 37.8. The third kappa shape index (κ3) is 44.8. The third-order valence-electron chi connectivity index (χ3n) is 18.1. The summed E-state index contributed by atoms with van der Waals surface area (Å²) < 4.78 is 22.9. The molecule has 0 aromatic rings. The van der Waals surface area contributed by atoms with Crippen molar-refractivity contribution in [2.24, 2.45) is 0 Å². The van der Waals surface area contributed by atoms with Crippen molar-refractivity contribution in [2.75, 3.05) is 19.8 Å². The van der Waals surface area contributed by atoms with Gasteiger partial charge in [0.25, 0.3) is 0 Å². The molecule has 0 saturated carbocycles. The summed E-state index contributed by atoms with van der Waals surface area (Å²) >= 11 is 0. The monoisotopic (exact) mass is 1300 g/mol. The van der Waals surface area contributed by atoms with Crippen LogP contribution in [0.1, 0.15) is 309 Å². The number of nitrogens with one attached hydrogen (secondary N) is 1. The molecule has 2 aliphatic rings. The minimum Gasteiger partial charge on any atom is -0.394 e. The highest BCUT2D eigenvalue weighted by Crippen LogP contribution is 2.30. The maximum absolute atomic E-state index is 13.4. The molecule has 2 rings (SSSR count). The van der Waals surface area contributed by atoms with E-state index >= 15 is 0 Å². The molecule has 2 saturated heterocycles. The highest BCUT2D eigenvalue weighted by atomic mass is 16.7. The van der Waals surface area contributed by atoms with E-state index in [4.69, 9.17) is 18.9 Å². The number of hydrogen-bond acceptors (Lipinski definition) is 13. The van der Waals surface area contributed by atoms with Crippen molar-refractivity contribution < 1.29 is 64.6 Å². The van der Waals surface area contributed by atoms with Crippen molar-refractivity contribution in [1.82, 2.24) is 5.32 Å². The van der Waals surface area contributed by atoms with Crippen molar-refractivity contribution in [1.29, 1.82) is 0 Å². The Labute approximate surface area is 561 Å². The molecule has 2 aliphatic heterocycles. The van der Waals surface area contributed by atoms with Crippen LogP contribution < -0.4 is 5.32 Å². The van der Waals surface area contributed by atoms with Gasteiger partial charge in [0.15, 0.2) is 12.6 Å². The second-order valence-electron chi connectivity index (χ2n) is 26.4. The number of carbonyl (C=O) groups is 1. The molecule has 0 aliphatic carbocycles. The molecule has 9 N–H and O–H groups in total. The Morgan fingerprint density at radius 3 is 1.15 bits per heavy atom. The lowest BCUT2D eigenvalue weighted by atomic mass is 9.97. The summed E-state index contributed by atoms with van der Waals surface area (Å²) in [5, 5.41) is 87.6. The van der Waals surface area contributed by atoms with Crippen LogP contribution in [0.3, 0.4) is 0 Å². The van der Waals surface area contributed by atoms with Crippen LogP contribution in [0.5, 0.6) is 0 Å². The van der Waals surface area contributed by atoms with E-state index in [1.54, 1.807) is 6.08 Å². The highest BCUT2D eigenvalue weighted by Gasteiger charge is 2.51. The summed E-state index contributed by atoms with van der Waals surface area (Å²) in [4.78, 5) is 13.4. The average Bonchev–Trinajstić information content (AvgIpc) is 0.836. The van der Waals surface area contributed by atoms with E-state index in [0.29, 0.717) is 6.42 Å². The van der Waals surface area contributed by atoms with Gasteiger partial charge in [-0.3, -0.25) is 4.79 Å². The van der Waals surface area contributed by atoms with Gasteiger partial charge < -0.3 is 65.1 Å². The number of carbonyl (C=O) groups excluding carboxylic acids is 1. The Hall–Kier alpha value is -2.83. The minimum atomic E-state index is -1.79. The van der Waals surface area contributed by atoms with Gasteiger partial charge >= 0.3 is 0 Å². The Morgan fingerprint density at radius 2 is 0.750 bits per heavy atom. The van der Waals surface area contributed by atoms with Gasteiger partial charge in [0.2, 0.25) is 5.91 Å². The summed E-state index contributed by atoms with van der Waals surface area (Å²) in [5.41, 5.74) is 0. The fraction of sp³-hybridized carbons (Fsp3) is 0.808. The van der Waals surface area contributed by atoms with E-state index in [1.807, 2.05) is 6.08 Å². The summed E-state index contributed by atoms with van der Waals surface area (Å²) in [6.07, 6.45) is 69.2. The second kappa shape index (κ2) is 61.7. The topological polar surface area (TPSA) is 228 Å². The smallest absolute Gasteiger partial charge is 0.220 e. The van der Waals surface area contributed by atoms with Gasteiger partial charge in [-0.25, -0.2) is 0 Å². The standard InChI is InChI=1S/C78H139NO13/c1-3-5-7-9-11-13-15-17-19-21-23-25-27-29-31-33-35-37-39-41-43-45-47-49-51-53-55-57-59-61-67(82)66(65-89-77-75(88)73(86)76(69(64-81)91-77)92-78-74(87)72(85)71(84)68(63-80)90-78)79-70(83)62-60-58-56-54-52-50-48-46-44-42-40-38-36-34-32-30-28-26-24-22-20-18-16-14-12-10-8-6-4-2/h6,8,12,14,18,20,24,26,30,32,36,38,59,61,66-69,71-78,80-82,84-88H,3-5,7,9-11,13,15-17,19,21-23,25,27-29,31,33-35,37,39-58,60,62-65H2,1-2H3,(H,79,83)/b8-6-,14-12-,20-18-,26-24-,32-30-,38-36-,61-59+. The molecule has 0 spiro atoms. The van der Waals surface area contributed by atoms with E-state index in [0.717, 1.165) is 83.5 Å². The van der Waals surface area contributed by atoms with Crippen LogP contribution in [-0.2, 0) is 23.7 Å². The fourth-order valence-electron chi connectivity index (χ4n) is 12.1. The lowest BCUT2D eigenvalue weighted by Crippen LogP contribution is -2.65. The van der Waals surface area contributed by atoms with Crippen molar-refractivity contribution in [3.8, 4) is 0 Å². The predicted octanol–water partition coefficient (Wildman–Crippen LogP) is 16.4. The predicted molar refractivity (Wildman–Crippen MR) is 378 cm³/mol. The summed E-state index contributed by atoms with van der Waals surface area (Å²) in [6, 6.07) is -0.924. The van der Waals surface area contributed by atoms with Gasteiger partial charge in [-0.15, -0.1) is 0 Å². The lowest BCUT2D eigenvalue weighted by Gasteiger charge is -2.46. The maximum Gasteiger partial charge on any atom is 0.220 e. The molecular formula is C78H139NO13. The minimum absolute atomic E-state index is 0.244. The molecule has 14 heteroatoms. The quantitative estimate of drug-likeness (QED) is 0.0204. The van der Waals surface area contributed by atoms with Gasteiger partial charge in [0, 0.05) is 6.42 Å². The molecular weight excluding hydrogens is 1160 g/mol. The van der Waals surface area contributed by atoms with Gasteiger partial charge in [-0.2, -0.15) is 0 Å². The van der Waals surface area contributed by atoms with Crippen LogP contribution in [0.15, 0.2) is 85.1 Å². The number of unbranched alkanes of at least 4 members (excludes halogenated alkanes) is 37. The summed E-state index contributed by atoms with van der Waals surface area (Å²) in [5.74, 6) is -0.244. The lowest BCUT2D eigenvalue weighted by molar-refractivity contribution is -0.359. The Kier molecular flexibility index (Phi) is 57.2. The van der Waals surface area contributed by atoms with Crippen molar-refractivity contribution >= 4 is 5.91 Å². The zero-order valence-electron chi connectivity index (χ0n) is 58.3. The molecule has 1 amide bonds. The SMILES string of the molecule is CC/C=C\C/C=C\C/C=C\C/C=C\C/C=C\C/C=C\CCCCCCCCCCCCC(=O)NC(COC1OC(CO)C(OC2OC(CO)C(O)C(O)C2O)C(O)C1O)C(O)/C=C/CCCCCCCCCCCCCCCCCCCCCCCCCCCCC. The van der Waals surface area contributed by atoms with Crippen LogP contribution in [0.2, 0.25) is 0 Å². The number of aliphatic hydroxyl groups excluding tert-OH is 8. The van der Waals surface area contributed by atoms with Gasteiger partial charge in [0.1, 0.15) is 48.8 Å².